The molecule has 1 saturated heterocycles. The molecule has 1 fully saturated rings. The molecule has 2 nitrogen and oxygen atoms in total. The van der Waals surface area contributed by atoms with Crippen LogP contribution >= 0.6 is 0 Å². The average molecular weight is 286 g/mol. The van der Waals surface area contributed by atoms with E-state index in [1.54, 1.807) is 13.0 Å². The predicted octanol–water partition coefficient (Wildman–Crippen LogP) is 3.20. The summed E-state index contributed by atoms with van der Waals surface area (Å²) in [7, 11) is 1.93. The van der Waals surface area contributed by atoms with E-state index in [-0.39, 0.29) is 0 Å². The number of aryl methyl sites for hydroxylation is 1. The number of likely N-dealkylation sites (N-methyl/N-ethyl adjacent to an activating group) is 1. The van der Waals surface area contributed by atoms with Crippen molar-refractivity contribution in [2.24, 2.45) is 0 Å². The molecule has 1 N–H and O–H groups in total. The normalized spacial score (nSPS) is 20.6. The molecule has 1 aromatic rings. The summed E-state index contributed by atoms with van der Waals surface area (Å²) in [5, 5.41) is 3.18. The summed E-state index contributed by atoms with van der Waals surface area (Å²) in [4.78, 5) is 2.35. The molecule has 1 atom stereocenters. The standard InChI is InChI=1S/C15H21F3N2/c1-11-8-13(15(16,17)18)6-5-12(11)10-20-7-3-4-14(20)9-19-2/h5-6,8,14,19H,3-4,7,9-10H2,1-2H3. The highest BCUT2D eigenvalue weighted by Gasteiger charge is 2.31. The zero-order chi connectivity index (χ0) is 14.8. The molecule has 1 aliphatic heterocycles. The van der Waals surface area contributed by atoms with Crippen LogP contribution in [0.3, 0.4) is 0 Å². The van der Waals surface area contributed by atoms with Crippen molar-refractivity contribution in [3.8, 4) is 0 Å². The van der Waals surface area contributed by atoms with E-state index in [1.165, 1.54) is 12.1 Å². The quantitative estimate of drug-likeness (QED) is 0.914. The van der Waals surface area contributed by atoms with E-state index in [0.717, 1.165) is 43.6 Å². The Hall–Kier alpha value is -1.07. The van der Waals surface area contributed by atoms with E-state index in [2.05, 4.69) is 10.2 Å². The molecule has 112 valence electrons. The van der Waals surface area contributed by atoms with E-state index in [9.17, 15) is 13.2 Å². The first-order valence-electron chi connectivity index (χ1n) is 6.97. The smallest absolute Gasteiger partial charge is 0.318 e. The lowest BCUT2D eigenvalue weighted by molar-refractivity contribution is -0.137. The topological polar surface area (TPSA) is 15.3 Å². The van der Waals surface area contributed by atoms with Crippen LogP contribution in [0.5, 0.6) is 0 Å². The predicted molar refractivity (Wildman–Crippen MR) is 73.5 cm³/mol. The van der Waals surface area contributed by atoms with Crippen LogP contribution in [0.4, 0.5) is 13.2 Å². The fourth-order valence-electron chi connectivity index (χ4n) is 2.84. The highest BCUT2D eigenvalue weighted by Crippen LogP contribution is 2.31. The van der Waals surface area contributed by atoms with Crippen LogP contribution in [-0.2, 0) is 12.7 Å². The fraction of sp³-hybridized carbons (Fsp3) is 0.600. The van der Waals surface area contributed by atoms with Gasteiger partial charge >= 0.3 is 6.18 Å². The lowest BCUT2D eigenvalue weighted by Gasteiger charge is -2.25. The first kappa shape index (κ1) is 15.3. The van der Waals surface area contributed by atoms with Gasteiger partial charge in [0.2, 0.25) is 0 Å². The molecule has 0 amide bonds. The van der Waals surface area contributed by atoms with Gasteiger partial charge in [0.05, 0.1) is 5.56 Å². The van der Waals surface area contributed by atoms with Crippen molar-refractivity contribution in [1.29, 1.82) is 0 Å². The molecule has 0 aromatic heterocycles. The summed E-state index contributed by atoms with van der Waals surface area (Å²) in [6.07, 6.45) is -1.95. The lowest BCUT2D eigenvalue weighted by Crippen LogP contribution is -2.36. The number of likely N-dealkylation sites (tertiary alicyclic amines) is 1. The Morgan fingerprint density at radius 2 is 2.10 bits per heavy atom. The minimum atomic E-state index is -4.26. The van der Waals surface area contributed by atoms with Crippen LogP contribution in [0.1, 0.15) is 29.5 Å². The first-order chi connectivity index (χ1) is 9.41. The van der Waals surface area contributed by atoms with E-state index >= 15 is 0 Å². The maximum atomic E-state index is 12.6. The van der Waals surface area contributed by atoms with Gasteiger partial charge in [-0.25, -0.2) is 0 Å². The van der Waals surface area contributed by atoms with Crippen molar-refractivity contribution in [3.63, 3.8) is 0 Å². The Labute approximate surface area is 118 Å². The molecule has 1 aliphatic rings. The molecule has 1 aromatic carbocycles. The van der Waals surface area contributed by atoms with Gasteiger partial charge in [-0.15, -0.1) is 0 Å². The van der Waals surface area contributed by atoms with Gasteiger partial charge in [0.1, 0.15) is 0 Å². The maximum absolute atomic E-state index is 12.6. The molecule has 0 saturated carbocycles. The van der Waals surface area contributed by atoms with Crippen molar-refractivity contribution < 1.29 is 13.2 Å². The second kappa shape index (κ2) is 6.14. The van der Waals surface area contributed by atoms with Crippen molar-refractivity contribution in [1.82, 2.24) is 10.2 Å². The molecule has 0 spiro atoms. The third kappa shape index (κ3) is 3.52. The van der Waals surface area contributed by atoms with Gasteiger partial charge in [0.15, 0.2) is 0 Å². The second-order valence-electron chi connectivity index (χ2n) is 5.46. The van der Waals surface area contributed by atoms with Crippen molar-refractivity contribution in [2.75, 3.05) is 20.1 Å². The Kier molecular flexibility index (Phi) is 4.70. The Bertz CT molecular complexity index is 457. The summed E-state index contributed by atoms with van der Waals surface area (Å²) in [5.41, 5.74) is 1.14. The minimum Gasteiger partial charge on any atom is -0.318 e. The van der Waals surface area contributed by atoms with Crippen LogP contribution in [-0.4, -0.2) is 31.1 Å². The maximum Gasteiger partial charge on any atom is 0.416 e. The Morgan fingerprint density at radius 3 is 2.70 bits per heavy atom. The molecule has 5 heteroatoms. The van der Waals surface area contributed by atoms with Crippen LogP contribution in [0, 0.1) is 6.92 Å². The molecular formula is C15H21F3N2. The molecule has 2 rings (SSSR count). The summed E-state index contributed by atoms with van der Waals surface area (Å²) in [5.74, 6) is 0. The number of benzene rings is 1. The van der Waals surface area contributed by atoms with Crippen LogP contribution in [0.25, 0.3) is 0 Å². The summed E-state index contributed by atoms with van der Waals surface area (Å²) >= 11 is 0. The van der Waals surface area contributed by atoms with E-state index in [0.29, 0.717) is 6.04 Å². The molecule has 1 heterocycles. The van der Waals surface area contributed by atoms with E-state index < -0.39 is 11.7 Å². The van der Waals surface area contributed by atoms with E-state index in [1.807, 2.05) is 7.05 Å². The van der Waals surface area contributed by atoms with E-state index in [4.69, 9.17) is 0 Å². The molecule has 0 bridgehead atoms. The molecule has 20 heavy (non-hydrogen) atoms. The highest BCUT2D eigenvalue weighted by atomic mass is 19.4. The molecular weight excluding hydrogens is 265 g/mol. The molecule has 0 radical (unpaired) electrons. The third-order valence-electron chi connectivity index (χ3n) is 3.98. The number of alkyl halides is 3. The fourth-order valence-corrected chi connectivity index (χ4v) is 2.84. The molecule has 1 unspecified atom stereocenters. The van der Waals surface area contributed by atoms with Gasteiger partial charge in [-0.2, -0.15) is 13.2 Å². The van der Waals surface area contributed by atoms with Gasteiger partial charge in [-0.3, -0.25) is 4.90 Å². The third-order valence-corrected chi connectivity index (χ3v) is 3.98. The monoisotopic (exact) mass is 286 g/mol. The zero-order valence-electron chi connectivity index (χ0n) is 11.9. The number of rotatable bonds is 4. The summed E-state index contributed by atoms with van der Waals surface area (Å²) < 4.78 is 37.9. The van der Waals surface area contributed by atoms with Gasteiger partial charge < -0.3 is 5.32 Å². The summed E-state index contributed by atoms with van der Waals surface area (Å²) in [6.45, 7) is 4.44. The Balaban J connectivity index is 2.10. The first-order valence-corrected chi connectivity index (χ1v) is 6.97. The highest BCUT2D eigenvalue weighted by molar-refractivity contribution is 5.32. The van der Waals surface area contributed by atoms with Crippen LogP contribution < -0.4 is 5.32 Å². The minimum absolute atomic E-state index is 0.488. The average Bonchev–Trinajstić information content (AvgIpc) is 2.78. The summed E-state index contributed by atoms with van der Waals surface area (Å²) in [6, 6.07) is 4.54. The van der Waals surface area contributed by atoms with Gasteiger partial charge in [-0.05, 0) is 56.6 Å². The second-order valence-corrected chi connectivity index (χ2v) is 5.46. The number of hydrogen-bond acceptors (Lipinski definition) is 2. The van der Waals surface area contributed by atoms with Crippen molar-refractivity contribution in [2.45, 2.75) is 38.5 Å². The lowest BCUT2D eigenvalue weighted by atomic mass is 10.0. The van der Waals surface area contributed by atoms with Crippen molar-refractivity contribution >= 4 is 0 Å². The zero-order valence-corrected chi connectivity index (χ0v) is 11.9. The number of nitrogens with one attached hydrogen (secondary N) is 1. The van der Waals surface area contributed by atoms with Crippen LogP contribution in [0.2, 0.25) is 0 Å². The number of nitrogens with zero attached hydrogens (tertiary/aromatic N) is 1. The van der Waals surface area contributed by atoms with Gasteiger partial charge in [0, 0.05) is 19.1 Å². The van der Waals surface area contributed by atoms with Gasteiger partial charge in [-0.1, -0.05) is 6.07 Å². The Morgan fingerprint density at radius 1 is 1.35 bits per heavy atom. The number of halogens is 3. The molecule has 0 aliphatic carbocycles. The van der Waals surface area contributed by atoms with Gasteiger partial charge in [0.25, 0.3) is 0 Å². The SMILES string of the molecule is CNCC1CCCN1Cc1ccc(C(F)(F)F)cc1C. The van der Waals surface area contributed by atoms with Crippen LogP contribution in [0.15, 0.2) is 18.2 Å². The number of hydrogen-bond donors (Lipinski definition) is 1. The largest absolute Gasteiger partial charge is 0.416 e. The van der Waals surface area contributed by atoms with Crippen molar-refractivity contribution in [3.05, 3.63) is 34.9 Å².